The van der Waals surface area contributed by atoms with Crippen molar-refractivity contribution in [3.63, 3.8) is 0 Å². The molecule has 9 nitrogen and oxygen atoms in total. The first-order valence-electron chi connectivity index (χ1n) is 11.0. The summed E-state index contributed by atoms with van der Waals surface area (Å²) in [5, 5.41) is 5.92. The second kappa shape index (κ2) is 9.46. The van der Waals surface area contributed by atoms with E-state index in [1.54, 1.807) is 6.33 Å². The number of carbonyl (C=O) groups is 1. The normalized spacial score (nSPS) is 24.4. The highest BCUT2D eigenvalue weighted by Crippen LogP contribution is 2.30. The average molecular weight is 445 g/mol. The molecule has 166 valence electrons. The summed E-state index contributed by atoms with van der Waals surface area (Å²) < 4.78 is 11.1. The number of amides is 1. The maximum atomic E-state index is 12.8. The van der Waals surface area contributed by atoms with Crippen LogP contribution in [-0.4, -0.2) is 72.9 Å². The summed E-state index contributed by atoms with van der Waals surface area (Å²) in [7, 11) is 0. The third-order valence-electron chi connectivity index (χ3n) is 6.01. The molecule has 0 aromatic carbocycles. The number of ether oxygens (including phenoxy) is 2. The summed E-state index contributed by atoms with van der Waals surface area (Å²) in [6, 6.07) is 2.11. The Balaban J connectivity index is 1.21. The van der Waals surface area contributed by atoms with Crippen LogP contribution in [0.3, 0.4) is 0 Å². The van der Waals surface area contributed by atoms with Crippen LogP contribution in [-0.2, 0) is 9.47 Å². The predicted molar refractivity (Wildman–Crippen MR) is 118 cm³/mol. The van der Waals surface area contributed by atoms with Crippen molar-refractivity contribution >= 4 is 28.9 Å². The van der Waals surface area contributed by atoms with E-state index in [4.69, 9.17) is 9.47 Å². The van der Waals surface area contributed by atoms with E-state index in [1.165, 1.54) is 11.3 Å². The van der Waals surface area contributed by atoms with Gasteiger partial charge in [-0.1, -0.05) is 0 Å². The molecule has 0 radical (unpaired) electrons. The Kier molecular flexibility index (Phi) is 6.28. The number of rotatable bonds is 5. The van der Waals surface area contributed by atoms with Crippen molar-refractivity contribution in [2.75, 3.05) is 55.8 Å². The van der Waals surface area contributed by atoms with Crippen molar-refractivity contribution in [1.82, 2.24) is 20.3 Å². The van der Waals surface area contributed by atoms with E-state index < -0.39 is 0 Å². The molecule has 0 bridgehead atoms. The van der Waals surface area contributed by atoms with Gasteiger partial charge in [-0.05, 0) is 25.7 Å². The molecule has 3 aliphatic heterocycles. The highest BCUT2D eigenvalue weighted by Gasteiger charge is 2.26. The van der Waals surface area contributed by atoms with Crippen LogP contribution in [0.15, 0.2) is 17.8 Å². The number of nitrogens with one attached hydrogen (secondary N) is 1. The van der Waals surface area contributed by atoms with Gasteiger partial charge >= 0.3 is 0 Å². The van der Waals surface area contributed by atoms with Crippen LogP contribution in [0.4, 0.5) is 11.6 Å². The highest BCUT2D eigenvalue weighted by molar-refractivity contribution is 7.09. The maximum Gasteiger partial charge on any atom is 0.271 e. The molecule has 2 aromatic rings. The zero-order valence-electron chi connectivity index (χ0n) is 17.5. The lowest BCUT2D eigenvalue weighted by Gasteiger charge is -2.34. The third kappa shape index (κ3) is 4.81. The molecule has 0 aliphatic carbocycles. The fourth-order valence-electron chi connectivity index (χ4n) is 4.35. The zero-order valence-corrected chi connectivity index (χ0v) is 18.4. The number of aromatic nitrogens is 3. The molecule has 3 fully saturated rings. The van der Waals surface area contributed by atoms with Gasteiger partial charge in [0.25, 0.3) is 5.91 Å². The topological polar surface area (TPSA) is 92.7 Å². The lowest BCUT2D eigenvalue weighted by atomic mass is 10.1. The van der Waals surface area contributed by atoms with Crippen LogP contribution in [0.2, 0.25) is 0 Å². The van der Waals surface area contributed by atoms with Gasteiger partial charge in [0, 0.05) is 50.3 Å². The van der Waals surface area contributed by atoms with Gasteiger partial charge in [-0.3, -0.25) is 4.79 Å². The second-order valence-corrected chi connectivity index (χ2v) is 9.05. The van der Waals surface area contributed by atoms with Gasteiger partial charge < -0.3 is 24.6 Å². The molecule has 2 atom stereocenters. The molecule has 3 saturated heterocycles. The van der Waals surface area contributed by atoms with Crippen LogP contribution in [0, 0.1) is 0 Å². The molecule has 0 saturated carbocycles. The molecule has 5 heterocycles. The molecule has 2 aromatic heterocycles. The van der Waals surface area contributed by atoms with Crippen LogP contribution < -0.4 is 15.1 Å². The van der Waals surface area contributed by atoms with Crippen LogP contribution >= 0.6 is 11.3 Å². The van der Waals surface area contributed by atoms with Crippen molar-refractivity contribution in [2.45, 2.75) is 37.8 Å². The van der Waals surface area contributed by atoms with Gasteiger partial charge in [-0.25, -0.2) is 15.0 Å². The average Bonchev–Trinajstić information content (AvgIpc) is 3.52. The molecule has 0 spiro atoms. The summed E-state index contributed by atoms with van der Waals surface area (Å²) >= 11 is 1.51. The Bertz CT molecular complexity index is 897. The molecule has 1 amide bonds. The van der Waals surface area contributed by atoms with E-state index in [2.05, 4.69) is 30.1 Å². The van der Waals surface area contributed by atoms with Crippen LogP contribution in [0.5, 0.6) is 0 Å². The van der Waals surface area contributed by atoms with Crippen LogP contribution in [0.25, 0.3) is 0 Å². The minimum Gasteiger partial charge on any atom is -0.378 e. The Morgan fingerprint density at radius 2 is 1.90 bits per heavy atom. The number of carbonyl (C=O) groups excluding carboxylic acids is 1. The molecule has 5 rings (SSSR count). The predicted octanol–water partition coefficient (Wildman–Crippen LogP) is 2.02. The van der Waals surface area contributed by atoms with Gasteiger partial charge in [-0.15, -0.1) is 11.3 Å². The number of morpholine rings is 1. The highest BCUT2D eigenvalue weighted by atomic mass is 32.1. The van der Waals surface area contributed by atoms with Gasteiger partial charge in [0.2, 0.25) is 0 Å². The number of nitrogens with zero attached hydrogens (tertiary/aromatic N) is 5. The summed E-state index contributed by atoms with van der Waals surface area (Å²) in [5.74, 6) is 1.73. The zero-order chi connectivity index (χ0) is 21.0. The van der Waals surface area contributed by atoms with Crippen molar-refractivity contribution in [2.24, 2.45) is 0 Å². The molecular weight excluding hydrogens is 416 g/mol. The van der Waals surface area contributed by atoms with E-state index in [9.17, 15) is 4.79 Å². The first kappa shape index (κ1) is 20.6. The van der Waals surface area contributed by atoms with E-state index in [1.807, 2.05) is 11.4 Å². The van der Waals surface area contributed by atoms with Gasteiger partial charge in [0.15, 0.2) is 0 Å². The number of thiazole rings is 1. The molecule has 3 aliphatic rings. The summed E-state index contributed by atoms with van der Waals surface area (Å²) in [5.41, 5.74) is 0.490. The smallest absolute Gasteiger partial charge is 0.271 e. The fourth-order valence-corrected chi connectivity index (χ4v) is 5.23. The third-order valence-corrected chi connectivity index (χ3v) is 6.95. The van der Waals surface area contributed by atoms with Gasteiger partial charge in [0.1, 0.15) is 34.8 Å². The van der Waals surface area contributed by atoms with Gasteiger partial charge in [0.05, 0.1) is 13.2 Å². The number of hydrogen-bond acceptors (Lipinski definition) is 9. The summed E-state index contributed by atoms with van der Waals surface area (Å²) in [6.45, 7) is 5.57. The Morgan fingerprint density at radius 3 is 2.71 bits per heavy atom. The largest absolute Gasteiger partial charge is 0.378 e. The first-order valence-corrected chi connectivity index (χ1v) is 11.9. The SMILES string of the molecule is O=C(NC1CCCN(c2cc(N3CCOCC3)ncn2)C1)c1csc(C2CCCO2)n1. The number of hydrogen-bond donors (Lipinski definition) is 1. The quantitative estimate of drug-likeness (QED) is 0.749. The lowest BCUT2D eigenvalue weighted by Crippen LogP contribution is -2.48. The van der Waals surface area contributed by atoms with Crippen molar-refractivity contribution in [1.29, 1.82) is 0 Å². The minimum absolute atomic E-state index is 0.0511. The van der Waals surface area contributed by atoms with E-state index >= 15 is 0 Å². The van der Waals surface area contributed by atoms with Gasteiger partial charge in [-0.2, -0.15) is 0 Å². The van der Waals surface area contributed by atoms with Crippen molar-refractivity contribution < 1.29 is 14.3 Å². The lowest BCUT2D eigenvalue weighted by molar-refractivity contribution is 0.0925. The molecule has 2 unspecified atom stereocenters. The summed E-state index contributed by atoms with van der Waals surface area (Å²) in [6.07, 6.45) is 5.67. The van der Waals surface area contributed by atoms with E-state index in [0.29, 0.717) is 5.69 Å². The maximum absolute atomic E-state index is 12.8. The number of piperidine rings is 1. The monoisotopic (exact) mass is 444 g/mol. The Hall–Kier alpha value is -2.30. The van der Waals surface area contributed by atoms with E-state index in [-0.39, 0.29) is 18.1 Å². The fraction of sp³-hybridized carbons (Fsp3) is 0.619. The van der Waals surface area contributed by atoms with Crippen molar-refractivity contribution in [3.8, 4) is 0 Å². The molecule has 1 N–H and O–H groups in total. The summed E-state index contributed by atoms with van der Waals surface area (Å²) in [4.78, 5) is 30.7. The van der Waals surface area contributed by atoms with Crippen LogP contribution in [0.1, 0.15) is 47.3 Å². The molecule has 31 heavy (non-hydrogen) atoms. The van der Waals surface area contributed by atoms with Crippen molar-refractivity contribution in [3.05, 3.63) is 28.5 Å². The number of anilines is 2. The minimum atomic E-state index is -0.107. The molecular formula is C21H28N6O3S. The molecule has 10 heteroatoms. The Labute approximate surface area is 185 Å². The van der Waals surface area contributed by atoms with E-state index in [0.717, 1.165) is 88.3 Å². The first-order chi connectivity index (χ1) is 15.3. The Morgan fingerprint density at radius 1 is 1.06 bits per heavy atom. The second-order valence-electron chi connectivity index (χ2n) is 8.17. The standard InChI is InChI=1S/C21H28N6O3S/c28-20(16-13-31-21(25-16)17-4-2-8-30-17)24-15-3-1-5-27(12-15)19-11-18(22-14-23-19)26-6-9-29-10-7-26/h11,13-15,17H,1-10,12H2,(H,24,28).